The summed E-state index contributed by atoms with van der Waals surface area (Å²) in [6, 6.07) is 10.1. The van der Waals surface area contributed by atoms with Crippen LogP contribution in [0.4, 0.5) is 8.78 Å². The zero-order valence-electron chi connectivity index (χ0n) is 14.0. The van der Waals surface area contributed by atoms with Crippen LogP contribution >= 0.6 is 0 Å². The van der Waals surface area contributed by atoms with E-state index in [0.29, 0.717) is 5.75 Å². The van der Waals surface area contributed by atoms with Crippen molar-refractivity contribution in [3.8, 4) is 17.2 Å². The van der Waals surface area contributed by atoms with Crippen molar-refractivity contribution in [1.29, 1.82) is 0 Å². The molecule has 2 aromatic rings. The number of hydrogen-bond donors (Lipinski definition) is 0. The number of halogens is 2. The molecule has 2 rings (SSSR count). The Bertz CT molecular complexity index is 791. The normalized spacial score (nSPS) is 10.3. The number of alkyl halides is 2. The van der Waals surface area contributed by atoms with Gasteiger partial charge in [-0.3, -0.25) is 4.79 Å². The topological polar surface area (TPSA) is 71.1 Å². The average Bonchev–Trinajstić information content (AvgIpc) is 2.65. The second-order valence-corrected chi connectivity index (χ2v) is 4.94. The van der Waals surface area contributed by atoms with E-state index in [2.05, 4.69) is 4.74 Å². The van der Waals surface area contributed by atoms with Crippen LogP contribution in [0.2, 0.25) is 0 Å². The first-order chi connectivity index (χ1) is 12.5. The summed E-state index contributed by atoms with van der Waals surface area (Å²) in [4.78, 5) is 24.3. The first kappa shape index (κ1) is 19.2. The largest absolute Gasteiger partial charge is 0.496 e. The Hall–Kier alpha value is -3.16. The third-order valence-corrected chi connectivity index (χ3v) is 3.36. The smallest absolute Gasteiger partial charge is 0.387 e. The Morgan fingerprint density at radius 3 is 2.31 bits per heavy atom. The molecule has 0 fully saturated rings. The number of para-hydroxylation sites is 1. The summed E-state index contributed by atoms with van der Waals surface area (Å²) >= 11 is 0. The molecule has 0 spiro atoms. The molecule has 6 nitrogen and oxygen atoms in total. The second-order valence-electron chi connectivity index (χ2n) is 4.94. The van der Waals surface area contributed by atoms with Crippen LogP contribution in [-0.4, -0.2) is 39.2 Å². The minimum Gasteiger partial charge on any atom is -0.496 e. The molecule has 0 aliphatic heterocycles. The molecular formula is C18H16F2O6. The SMILES string of the molecule is COc1cc(C(=O)OCC(=O)c2ccccc2OC)ccc1OC(F)F. The van der Waals surface area contributed by atoms with E-state index in [9.17, 15) is 18.4 Å². The van der Waals surface area contributed by atoms with Gasteiger partial charge in [0.25, 0.3) is 0 Å². The van der Waals surface area contributed by atoms with Gasteiger partial charge in [0.15, 0.2) is 18.1 Å². The molecule has 0 saturated carbocycles. The van der Waals surface area contributed by atoms with E-state index in [1.165, 1.54) is 26.4 Å². The Kier molecular flexibility index (Phi) is 6.48. The molecule has 0 aliphatic rings. The number of ketones is 1. The van der Waals surface area contributed by atoms with Crippen molar-refractivity contribution < 1.29 is 37.3 Å². The highest BCUT2D eigenvalue weighted by atomic mass is 19.3. The van der Waals surface area contributed by atoms with E-state index in [0.717, 1.165) is 6.07 Å². The minimum atomic E-state index is -3.03. The summed E-state index contributed by atoms with van der Waals surface area (Å²) in [5, 5.41) is 0. The van der Waals surface area contributed by atoms with E-state index in [1.54, 1.807) is 24.3 Å². The lowest BCUT2D eigenvalue weighted by molar-refractivity contribution is -0.0512. The molecule has 0 aromatic heterocycles. The van der Waals surface area contributed by atoms with Crippen LogP contribution in [-0.2, 0) is 4.74 Å². The van der Waals surface area contributed by atoms with Crippen molar-refractivity contribution in [2.45, 2.75) is 6.61 Å². The van der Waals surface area contributed by atoms with Crippen LogP contribution in [0.25, 0.3) is 0 Å². The lowest BCUT2D eigenvalue weighted by atomic mass is 10.1. The molecule has 2 aromatic carbocycles. The van der Waals surface area contributed by atoms with Gasteiger partial charge in [0.2, 0.25) is 5.78 Å². The Morgan fingerprint density at radius 1 is 0.962 bits per heavy atom. The van der Waals surface area contributed by atoms with Gasteiger partial charge in [0.1, 0.15) is 5.75 Å². The zero-order valence-corrected chi connectivity index (χ0v) is 14.0. The summed E-state index contributed by atoms with van der Waals surface area (Å²) < 4.78 is 43.9. The third kappa shape index (κ3) is 4.69. The summed E-state index contributed by atoms with van der Waals surface area (Å²) in [5.41, 5.74) is 0.303. The van der Waals surface area contributed by atoms with E-state index >= 15 is 0 Å². The molecule has 0 unspecified atom stereocenters. The highest BCUT2D eigenvalue weighted by molar-refractivity contribution is 6.01. The number of ether oxygens (including phenoxy) is 4. The van der Waals surface area contributed by atoms with Gasteiger partial charge in [-0.25, -0.2) is 4.79 Å². The van der Waals surface area contributed by atoms with Crippen LogP contribution in [0.1, 0.15) is 20.7 Å². The Morgan fingerprint density at radius 2 is 1.65 bits per heavy atom. The molecule has 0 radical (unpaired) electrons. The maximum Gasteiger partial charge on any atom is 0.387 e. The van der Waals surface area contributed by atoms with Crippen LogP contribution in [0, 0.1) is 0 Å². The van der Waals surface area contributed by atoms with E-state index in [-0.39, 0.29) is 22.6 Å². The number of Topliss-reactive ketones (excluding diaryl/α,β-unsaturated/α-hetero) is 1. The molecular weight excluding hydrogens is 350 g/mol. The van der Waals surface area contributed by atoms with Crippen LogP contribution in [0.5, 0.6) is 17.2 Å². The molecule has 0 bridgehead atoms. The van der Waals surface area contributed by atoms with E-state index in [4.69, 9.17) is 14.2 Å². The fourth-order valence-electron chi connectivity index (χ4n) is 2.16. The van der Waals surface area contributed by atoms with E-state index in [1.807, 2.05) is 0 Å². The summed E-state index contributed by atoms with van der Waals surface area (Å²) in [7, 11) is 2.67. The first-order valence-corrected chi connectivity index (χ1v) is 7.42. The summed E-state index contributed by atoms with van der Waals surface area (Å²) in [5.74, 6) is -1.17. The first-order valence-electron chi connectivity index (χ1n) is 7.42. The molecule has 0 saturated heterocycles. The highest BCUT2D eigenvalue weighted by Crippen LogP contribution is 2.29. The molecule has 0 amide bonds. The lowest BCUT2D eigenvalue weighted by Gasteiger charge is -2.11. The molecule has 138 valence electrons. The quantitative estimate of drug-likeness (QED) is 0.527. The van der Waals surface area contributed by atoms with Gasteiger partial charge < -0.3 is 18.9 Å². The minimum absolute atomic E-state index is 0.0243. The lowest BCUT2D eigenvalue weighted by Crippen LogP contribution is -2.15. The second kappa shape index (κ2) is 8.80. The predicted molar refractivity (Wildman–Crippen MR) is 87.2 cm³/mol. The van der Waals surface area contributed by atoms with Crippen molar-refractivity contribution in [1.82, 2.24) is 0 Å². The van der Waals surface area contributed by atoms with Gasteiger partial charge in [-0.05, 0) is 30.3 Å². The number of carbonyl (C=O) groups excluding carboxylic acids is 2. The molecule has 0 atom stereocenters. The fraction of sp³-hybridized carbons (Fsp3) is 0.222. The van der Waals surface area contributed by atoms with Crippen molar-refractivity contribution >= 4 is 11.8 Å². The molecule has 0 aliphatic carbocycles. The highest BCUT2D eigenvalue weighted by Gasteiger charge is 2.17. The third-order valence-electron chi connectivity index (χ3n) is 3.36. The van der Waals surface area contributed by atoms with Gasteiger partial charge in [0.05, 0.1) is 25.3 Å². The molecule has 0 heterocycles. The average molecular weight is 366 g/mol. The molecule has 0 N–H and O–H groups in total. The molecule has 8 heteroatoms. The van der Waals surface area contributed by atoms with Crippen molar-refractivity contribution in [2.75, 3.05) is 20.8 Å². The van der Waals surface area contributed by atoms with Crippen LogP contribution in [0.3, 0.4) is 0 Å². The van der Waals surface area contributed by atoms with Crippen molar-refractivity contribution in [3.63, 3.8) is 0 Å². The standard InChI is InChI=1S/C18H16F2O6/c1-23-14-6-4-3-5-12(14)13(21)10-25-17(22)11-7-8-15(26-18(19)20)16(9-11)24-2/h3-9,18H,10H2,1-2H3. The maximum atomic E-state index is 12.3. The number of carbonyl (C=O) groups is 2. The fourth-order valence-corrected chi connectivity index (χ4v) is 2.16. The van der Waals surface area contributed by atoms with Gasteiger partial charge >= 0.3 is 12.6 Å². The van der Waals surface area contributed by atoms with Gasteiger partial charge in [-0.15, -0.1) is 0 Å². The maximum absolute atomic E-state index is 12.3. The monoisotopic (exact) mass is 366 g/mol. The Balaban J connectivity index is 2.06. The summed E-state index contributed by atoms with van der Waals surface area (Å²) in [6.07, 6.45) is 0. The van der Waals surface area contributed by atoms with Crippen molar-refractivity contribution in [3.05, 3.63) is 53.6 Å². The number of benzene rings is 2. The van der Waals surface area contributed by atoms with Crippen molar-refractivity contribution in [2.24, 2.45) is 0 Å². The van der Waals surface area contributed by atoms with E-state index < -0.39 is 25.0 Å². The van der Waals surface area contributed by atoms with Crippen LogP contribution < -0.4 is 14.2 Å². The van der Waals surface area contributed by atoms with Gasteiger partial charge in [-0.1, -0.05) is 12.1 Å². The van der Waals surface area contributed by atoms with Gasteiger partial charge in [0, 0.05) is 0 Å². The Labute approximate surface area is 148 Å². The predicted octanol–water partition coefficient (Wildman–Crippen LogP) is 3.34. The number of esters is 1. The summed E-state index contributed by atoms with van der Waals surface area (Å²) in [6.45, 7) is -3.53. The number of hydrogen-bond acceptors (Lipinski definition) is 6. The van der Waals surface area contributed by atoms with Crippen LogP contribution in [0.15, 0.2) is 42.5 Å². The number of rotatable bonds is 8. The van der Waals surface area contributed by atoms with Gasteiger partial charge in [-0.2, -0.15) is 8.78 Å². The molecule has 26 heavy (non-hydrogen) atoms. The number of methoxy groups -OCH3 is 2. The zero-order chi connectivity index (χ0) is 19.1.